The molecule has 0 atom stereocenters. The molecule has 0 unspecified atom stereocenters. The molecule has 1 fully saturated rings. The first-order valence-electron chi connectivity index (χ1n) is 5.79. The van der Waals surface area contributed by atoms with Crippen LogP contribution in [0.2, 0.25) is 0 Å². The van der Waals surface area contributed by atoms with Gasteiger partial charge in [-0.05, 0) is 48.3 Å². The van der Waals surface area contributed by atoms with Crippen LogP contribution in [-0.2, 0) is 0 Å². The van der Waals surface area contributed by atoms with Crippen LogP contribution in [0.5, 0.6) is 0 Å². The van der Waals surface area contributed by atoms with Crippen molar-refractivity contribution >= 4 is 0 Å². The van der Waals surface area contributed by atoms with Crippen LogP contribution in [0, 0.1) is 6.92 Å². The monoisotopic (exact) mass is 188 g/mol. The summed E-state index contributed by atoms with van der Waals surface area (Å²) in [6.45, 7) is 6.79. The molecule has 0 saturated heterocycles. The van der Waals surface area contributed by atoms with Crippen LogP contribution in [0.25, 0.3) is 0 Å². The molecular formula is C14H20. The SMILES string of the molecule is Cc1ccc(C(C)C)cc1C1CCC1. The second kappa shape index (κ2) is 3.76. The molecule has 0 aliphatic heterocycles. The molecule has 0 heteroatoms. The highest BCUT2D eigenvalue weighted by Crippen LogP contribution is 2.38. The van der Waals surface area contributed by atoms with Gasteiger partial charge in [0.15, 0.2) is 0 Å². The Balaban J connectivity index is 2.31. The van der Waals surface area contributed by atoms with Crippen LogP contribution in [-0.4, -0.2) is 0 Å². The first-order valence-corrected chi connectivity index (χ1v) is 5.79. The van der Waals surface area contributed by atoms with Gasteiger partial charge in [-0.2, -0.15) is 0 Å². The van der Waals surface area contributed by atoms with Crippen molar-refractivity contribution in [1.29, 1.82) is 0 Å². The fraction of sp³-hybridized carbons (Fsp3) is 0.571. The zero-order valence-corrected chi connectivity index (χ0v) is 9.51. The van der Waals surface area contributed by atoms with Crippen molar-refractivity contribution in [2.24, 2.45) is 0 Å². The van der Waals surface area contributed by atoms with Crippen LogP contribution < -0.4 is 0 Å². The number of aryl methyl sites for hydroxylation is 1. The maximum atomic E-state index is 2.43. The van der Waals surface area contributed by atoms with Gasteiger partial charge in [-0.3, -0.25) is 0 Å². The van der Waals surface area contributed by atoms with E-state index < -0.39 is 0 Å². The van der Waals surface area contributed by atoms with E-state index in [0.717, 1.165) is 5.92 Å². The van der Waals surface area contributed by atoms with Crippen molar-refractivity contribution in [2.45, 2.75) is 51.9 Å². The minimum atomic E-state index is 0.662. The van der Waals surface area contributed by atoms with Crippen molar-refractivity contribution in [2.75, 3.05) is 0 Å². The van der Waals surface area contributed by atoms with Gasteiger partial charge in [0.05, 0.1) is 0 Å². The lowest BCUT2D eigenvalue weighted by Crippen LogP contribution is -2.10. The average molecular weight is 188 g/mol. The molecule has 76 valence electrons. The van der Waals surface area contributed by atoms with Crippen LogP contribution in [0.4, 0.5) is 0 Å². The molecule has 1 aliphatic rings. The van der Waals surface area contributed by atoms with Gasteiger partial charge in [0, 0.05) is 0 Å². The Hall–Kier alpha value is -0.780. The summed E-state index contributed by atoms with van der Waals surface area (Å²) in [5.41, 5.74) is 4.60. The highest BCUT2D eigenvalue weighted by atomic mass is 14.3. The number of hydrogen-bond acceptors (Lipinski definition) is 0. The summed E-state index contributed by atoms with van der Waals surface area (Å²) >= 11 is 0. The molecule has 0 spiro atoms. The molecule has 0 amide bonds. The van der Waals surface area contributed by atoms with Gasteiger partial charge in [0.1, 0.15) is 0 Å². The Labute approximate surface area is 87.3 Å². The lowest BCUT2D eigenvalue weighted by molar-refractivity contribution is 0.418. The van der Waals surface area contributed by atoms with Gasteiger partial charge in [0.2, 0.25) is 0 Å². The summed E-state index contributed by atoms with van der Waals surface area (Å²) in [5, 5.41) is 0. The third-order valence-corrected chi connectivity index (χ3v) is 3.51. The highest BCUT2D eigenvalue weighted by Gasteiger charge is 2.21. The third kappa shape index (κ3) is 1.70. The number of rotatable bonds is 2. The zero-order chi connectivity index (χ0) is 10.1. The predicted molar refractivity (Wildman–Crippen MR) is 61.9 cm³/mol. The van der Waals surface area contributed by atoms with Crippen molar-refractivity contribution < 1.29 is 0 Å². The van der Waals surface area contributed by atoms with E-state index in [1.807, 2.05) is 0 Å². The second-order valence-electron chi connectivity index (χ2n) is 4.90. The topological polar surface area (TPSA) is 0 Å². The zero-order valence-electron chi connectivity index (χ0n) is 9.51. The van der Waals surface area contributed by atoms with E-state index in [-0.39, 0.29) is 0 Å². The normalized spacial score (nSPS) is 17.1. The summed E-state index contributed by atoms with van der Waals surface area (Å²) < 4.78 is 0. The van der Waals surface area contributed by atoms with Crippen molar-refractivity contribution in [1.82, 2.24) is 0 Å². The Morgan fingerprint density at radius 2 is 1.93 bits per heavy atom. The van der Waals surface area contributed by atoms with E-state index in [1.165, 1.54) is 30.4 Å². The minimum Gasteiger partial charge on any atom is -0.0588 e. The largest absolute Gasteiger partial charge is 0.0588 e. The van der Waals surface area contributed by atoms with Crippen molar-refractivity contribution in [3.8, 4) is 0 Å². The fourth-order valence-electron chi connectivity index (χ4n) is 2.18. The standard InChI is InChI=1S/C14H20/c1-10(2)13-8-7-11(3)14(9-13)12-5-4-6-12/h7-10,12H,4-6H2,1-3H3. The van der Waals surface area contributed by atoms with Gasteiger partial charge in [0.25, 0.3) is 0 Å². The number of hydrogen-bond donors (Lipinski definition) is 0. The molecule has 0 heterocycles. The Morgan fingerprint density at radius 3 is 2.43 bits per heavy atom. The smallest absolute Gasteiger partial charge is 0.0159 e. The first kappa shape index (κ1) is 9.76. The molecule has 1 aromatic carbocycles. The second-order valence-corrected chi connectivity index (χ2v) is 4.90. The summed E-state index contributed by atoms with van der Waals surface area (Å²) in [7, 11) is 0. The molecule has 1 aromatic rings. The van der Waals surface area contributed by atoms with Gasteiger partial charge in [-0.1, -0.05) is 38.5 Å². The quantitative estimate of drug-likeness (QED) is 0.646. The molecule has 0 N–H and O–H groups in total. The van der Waals surface area contributed by atoms with E-state index in [0.29, 0.717) is 5.92 Å². The maximum absolute atomic E-state index is 2.43. The third-order valence-electron chi connectivity index (χ3n) is 3.51. The fourth-order valence-corrected chi connectivity index (χ4v) is 2.18. The lowest BCUT2D eigenvalue weighted by Gasteiger charge is -2.28. The van der Waals surface area contributed by atoms with Gasteiger partial charge >= 0.3 is 0 Å². The molecule has 0 bridgehead atoms. The van der Waals surface area contributed by atoms with E-state index >= 15 is 0 Å². The lowest BCUT2D eigenvalue weighted by atomic mass is 9.77. The highest BCUT2D eigenvalue weighted by molar-refractivity contribution is 5.36. The number of benzene rings is 1. The van der Waals surface area contributed by atoms with Gasteiger partial charge in [-0.15, -0.1) is 0 Å². The van der Waals surface area contributed by atoms with E-state index in [2.05, 4.69) is 39.0 Å². The van der Waals surface area contributed by atoms with Crippen LogP contribution in [0.1, 0.15) is 61.6 Å². The first-order chi connectivity index (χ1) is 6.68. The van der Waals surface area contributed by atoms with Crippen molar-refractivity contribution in [3.63, 3.8) is 0 Å². The van der Waals surface area contributed by atoms with Crippen molar-refractivity contribution in [3.05, 3.63) is 34.9 Å². The van der Waals surface area contributed by atoms with Crippen LogP contribution in [0.3, 0.4) is 0 Å². The summed E-state index contributed by atoms with van der Waals surface area (Å²) in [6.07, 6.45) is 4.24. The molecule has 0 aromatic heterocycles. The van der Waals surface area contributed by atoms with E-state index in [1.54, 1.807) is 5.56 Å². The molecule has 0 radical (unpaired) electrons. The Kier molecular flexibility index (Phi) is 2.62. The van der Waals surface area contributed by atoms with Crippen LogP contribution >= 0.6 is 0 Å². The maximum Gasteiger partial charge on any atom is -0.0159 e. The summed E-state index contributed by atoms with van der Waals surface area (Å²) in [5.74, 6) is 1.53. The minimum absolute atomic E-state index is 0.662. The molecule has 1 saturated carbocycles. The molecule has 14 heavy (non-hydrogen) atoms. The average Bonchev–Trinajstić information content (AvgIpc) is 2.05. The molecule has 2 rings (SSSR count). The Bertz CT molecular complexity index is 319. The molecule has 0 nitrogen and oxygen atoms in total. The Morgan fingerprint density at radius 1 is 1.21 bits per heavy atom. The van der Waals surface area contributed by atoms with Gasteiger partial charge < -0.3 is 0 Å². The van der Waals surface area contributed by atoms with Gasteiger partial charge in [-0.25, -0.2) is 0 Å². The molecule has 1 aliphatic carbocycles. The van der Waals surface area contributed by atoms with Crippen LogP contribution in [0.15, 0.2) is 18.2 Å². The predicted octanol–water partition coefficient (Wildman–Crippen LogP) is 4.39. The summed E-state index contributed by atoms with van der Waals surface area (Å²) in [6, 6.07) is 7.01. The van der Waals surface area contributed by atoms with E-state index in [4.69, 9.17) is 0 Å². The molecular weight excluding hydrogens is 168 g/mol. The van der Waals surface area contributed by atoms with E-state index in [9.17, 15) is 0 Å². The summed E-state index contributed by atoms with van der Waals surface area (Å²) in [4.78, 5) is 0.